The summed E-state index contributed by atoms with van der Waals surface area (Å²) in [7, 11) is 2.20. The molecular weight excluding hydrogens is 262 g/mol. The summed E-state index contributed by atoms with van der Waals surface area (Å²) in [5, 5.41) is 9.40. The number of hydrogen-bond donors (Lipinski definition) is 1. The van der Waals surface area contributed by atoms with Crippen LogP contribution in [0, 0.1) is 11.3 Å². The van der Waals surface area contributed by atoms with Crippen molar-refractivity contribution in [1.82, 2.24) is 4.90 Å². The summed E-state index contributed by atoms with van der Waals surface area (Å²) in [6, 6.07) is 0.551. The zero-order valence-corrected chi connectivity index (χ0v) is 14.3. The van der Waals surface area contributed by atoms with E-state index in [-0.39, 0.29) is 5.54 Å². The number of carboxylic acids is 1. The van der Waals surface area contributed by atoms with E-state index >= 15 is 0 Å². The molecule has 0 aromatic carbocycles. The Labute approximate surface area is 130 Å². The Morgan fingerprint density at radius 3 is 2.33 bits per heavy atom. The van der Waals surface area contributed by atoms with Gasteiger partial charge in [-0.05, 0) is 50.5 Å². The van der Waals surface area contributed by atoms with Crippen molar-refractivity contribution in [1.29, 1.82) is 0 Å². The molecule has 2 saturated carbocycles. The summed E-state index contributed by atoms with van der Waals surface area (Å²) in [5.74, 6) is 0.0267. The average molecular weight is 295 g/mol. The van der Waals surface area contributed by atoms with Crippen molar-refractivity contribution in [3.8, 4) is 0 Å². The average Bonchev–Trinajstić information content (AvgIpc) is 2.37. The van der Waals surface area contributed by atoms with Gasteiger partial charge >= 0.3 is 5.97 Å². The summed E-state index contributed by atoms with van der Waals surface area (Å²) in [6.07, 6.45) is 9.80. The van der Waals surface area contributed by atoms with E-state index in [1.165, 1.54) is 38.5 Å². The van der Waals surface area contributed by atoms with Crippen molar-refractivity contribution in [2.24, 2.45) is 11.3 Å². The van der Waals surface area contributed by atoms with Crippen molar-refractivity contribution < 1.29 is 9.90 Å². The molecule has 2 aliphatic carbocycles. The standard InChI is InChI=1S/C18H33NO2/c1-14-12-17(2,3)11-8-15(14)19(4)18(13-16(20)21)9-6-5-7-10-18/h14-15H,5-13H2,1-4H3,(H,20,21). The van der Waals surface area contributed by atoms with Gasteiger partial charge in [0.15, 0.2) is 0 Å². The molecule has 2 atom stereocenters. The summed E-state index contributed by atoms with van der Waals surface area (Å²) in [4.78, 5) is 13.9. The zero-order valence-electron chi connectivity index (χ0n) is 14.3. The first-order chi connectivity index (χ1) is 9.76. The van der Waals surface area contributed by atoms with E-state index < -0.39 is 5.97 Å². The monoisotopic (exact) mass is 295 g/mol. The number of nitrogens with zero attached hydrogens (tertiary/aromatic N) is 1. The van der Waals surface area contributed by atoms with Crippen molar-refractivity contribution in [2.45, 2.75) is 90.1 Å². The highest BCUT2D eigenvalue weighted by Gasteiger charge is 2.44. The van der Waals surface area contributed by atoms with E-state index in [2.05, 4.69) is 32.7 Å². The van der Waals surface area contributed by atoms with Crippen LogP contribution in [0.2, 0.25) is 0 Å². The first-order valence-corrected chi connectivity index (χ1v) is 8.71. The molecule has 0 radical (unpaired) electrons. The quantitative estimate of drug-likeness (QED) is 0.840. The number of hydrogen-bond acceptors (Lipinski definition) is 2. The van der Waals surface area contributed by atoms with Crippen LogP contribution in [0.15, 0.2) is 0 Å². The third-order valence-electron chi connectivity index (χ3n) is 6.16. The lowest BCUT2D eigenvalue weighted by Crippen LogP contribution is -2.56. The van der Waals surface area contributed by atoms with Crippen molar-refractivity contribution in [3.05, 3.63) is 0 Å². The molecule has 0 bridgehead atoms. The topological polar surface area (TPSA) is 40.5 Å². The second kappa shape index (κ2) is 6.28. The minimum absolute atomic E-state index is 0.0928. The van der Waals surface area contributed by atoms with Gasteiger partial charge in [-0.1, -0.05) is 40.0 Å². The van der Waals surface area contributed by atoms with Crippen LogP contribution in [0.1, 0.15) is 78.6 Å². The third kappa shape index (κ3) is 3.80. The molecule has 0 aliphatic heterocycles. The van der Waals surface area contributed by atoms with Crippen LogP contribution >= 0.6 is 0 Å². The van der Waals surface area contributed by atoms with Crippen LogP contribution in [0.5, 0.6) is 0 Å². The van der Waals surface area contributed by atoms with Gasteiger partial charge in [0.2, 0.25) is 0 Å². The van der Waals surface area contributed by atoms with Gasteiger partial charge in [0.05, 0.1) is 6.42 Å². The first-order valence-electron chi connectivity index (χ1n) is 8.71. The van der Waals surface area contributed by atoms with E-state index in [1.54, 1.807) is 0 Å². The molecule has 0 spiro atoms. The van der Waals surface area contributed by atoms with Crippen LogP contribution in [0.4, 0.5) is 0 Å². The smallest absolute Gasteiger partial charge is 0.305 e. The van der Waals surface area contributed by atoms with Gasteiger partial charge in [-0.3, -0.25) is 9.69 Å². The molecule has 0 aromatic rings. The number of aliphatic carboxylic acids is 1. The van der Waals surface area contributed by atoms with E-state index in [9.17, 15) is 9.90 Å². The Hall–Kier alpha value is -0.570. The summed E-state index contributed by atoms with van der Waals surface area (Å²) >= 11 is 0. The highest BCUT2D eigenvalue weighted by atomic mass is 16.4. The van der Waals surface area contributed by atoms with Crippen LogP contribution in [-0.2, 0) is 4.79 Å². The molecule has 3 nitrogen and oxygen atoms in total. The molecule has 3 heteroatoms. The van der Waals surface area contributed by atoms with E-state index in [0.29, 0.717) is 23.8 Å². The fourth-order valence-corrected chi connectivity index (χ4v) is 5.01. The molecule has 0 aromatic heterocycles. The van der Waals surface area contributed by atoms with Gasteiger partial charge in [-0.25, -0.2) is 0 Å². The second-order valence-corrected chi connectivity index (χ2v) is 8.42. The molecule has 2 unspecified atom stereocenters. The van der Waals surface area contributed by atoms with Crippen LogP contribution in [0.25, 0.3) is 0 Å². The Balaban J connectivity index is 2.14. The van der Waals surface area contributed by atoms with Gasteiger partial charge in [0.1, 0.15) is 0 Å². The normalized spacial score (nSPS) is 32.0. The molecule has 21 heavy (non-hydrogen) atoms. The molecule has 2 rings (SSSR count). The van der Waals surface area contributed by atoms with E-state index in [1.807, 2.05) is 0 Å². The van der Waals surface area contributed by atoms with Gasteiger partial charge < -0.3 is 5.11 Å². The lowest BCUT2D eigenvalue weighted by atomic mass is 9.68. The maximum absolute atomic E-state index is 11.4. The molecule has 122 valence electrons. The highest BCUT2D eigenvalue weighted by molar-refractivity contribution is 5.68. The van der Waals surface area contributed by atoms with Crippen LogP contribution < -0.4 is 0 Å². The van der Waals surface area contributed by atoms with Gasteiger partial charge in [0.25, 0.3) is 0 Å². The van der Waals surface area contributed by atoms with Crippen molar-refractivity contribution in [3.63, 3.8) is 0 Å². The third-order valence-corrected chi connectivity index (χ3v) is 6.16. The van der Waals surface area contributed by atoms with Gasteiger partial charge in [0, 0.05) is 11.6 Å². The van der Waals surface area contributed by atoms with Crippen LogP contribution in [0.3, 0.4) is 0 Å². The number of carbonyl (C=O) groups is 1. The molecule has 0 heterocycles. The minimum atomic E-state index is -0.632. The summed E-state index contributed by atoms with van der Waals surface area (Å²) < 4.78 is 0. The fraction of sp³-hybridized carbons (Fsp3) is 0.944. The molecule has 2 fully saturated rings. The zero-order chi connectivity index (χ0) is 15.7. The van der Waals surface area contributed by atoms with Gasteiger partial charge in [-0.15, -0.1) is 0 Å². The number of rotatable bonds is 4. The largest absolute Gasteiger partial charge is 0.481 e. The highest BCUT2D eigenvalue weighted by Crippen LogP contribution is 2.44. The molecule has 0 amide bonds. The Morgan fingerprint density at radius 2 is 1.81 bits per heavy atom. The molecular formula is C18H33NO2. The maximum atomic E-state index is 11.4. The Kier molecular flexibility index (Phi) is 5.02. The predicted molar refractivity (Wildman–Crippen MR) is 86.4 cm³/mol. The molecule has 2 aliphatic rings. The Bertz CT molecular complexity index is 371. The maximum Gasteiger partial charge on any atom is 0.305 e. The SMILES string of the molecule is CC1CC(C)(C)CCC1N(C)C1(CC(=O)O)CCCCC1. The predicted octanol–water partition coefficient (Wildman–Crippen LogP) is 4.31. The van der Waals surface area contributed by atoms with Crippen molar-refractivity contribution >= 4 is 5.97 Å². The van der Waals surface area contributed by atoms with E-state index in [0.717, 1.165) is 12.8 Å². The van der Waals surface area contributed by atoms with Crippen molar-refractivity contribution in [2.75, 3.05) is 7.05 Å². The number of carboxylic acid groups (broad SMARTS) is 1. The first kappa shape index (κ1) is 16.8. The second-order valence-electron chi connectivity index (χ2n) is 8.42. The fourth-order valence-electron chi connectivity index (χ4n) is 5.01. The lowest BCUT2D eigenvalue weighted by Gasteiger charge is -2.52. The minimum Gasteiger partial charge on any atom is -0.481 e. The Morgan fingerprint density at radius 1 is 1.19 bits per heavy atom. The van der Waals surface area contributed by atoms with E-state index in [4.69, 9.17) is 0 Å². The molecule has 1 N–H and O–H groups in total. The summed E-state index contributed by atoms with van der Waals surface area (Å²) in [6.45, 7) is 7.10. The van der Waals surface area contributed by atoms with Gasteiger partial charge in [-0.2, -0.15) is 0 Å². The van der Waals surface area contributed by atoms with Crippen LogP contribution in [-0.4, -0.2) is 34.6 Å². The molecule has 0 saturated heterocycles. The summed E-state index contributed by atoms with van der Waals surface area (Å²) in [5.41, 5.74) is 0.355. The lowest BCUT2D eigenvalue weighted by molar-refractivity contribution is -0.142.